The van der Waals surface area contributed by atoms with Gasteiger partial charge in [0.15, 0.2) is 6.61 Å². The number of amides is 1. The van der Waals surface area contributed by atoms with Gasteiger partial charge < -0.3 is 9.84 Å². The average molecular weight is 450 g/mol. The minimum absolute atomic E-state index is 0.00872. The molecular weight excluding hydrogens is 430 g/mol. The fourth-order valence-corrected chi connectivity index (χ4v) is 2.69. The van der Waals surface area contributed by atoms with Crippen LogP contribution >= 0.6 is 15.9 Å². The molecule has 0 radical (unpaired) electrons. The molecule has 1 amide bonds. The predicted molar refractivity (Wildman–Crippen MR) is 109 cm³/mol. The number of carbonyl (C=O) groups is 1. The highest BCUT2D eigenvalue weighted by atomic mass is 79.9. The predicted octanol–water partition coefficient (Wildman–Crippen LogP) is 3.89. The van der Waals surface area contributed by atoms with Crippen molar-refractivity contribution < 1.29 is 19.6 Å². The first-order valence-electron chi connectivity index (χ1n) is 8.30. The molecular formula is C19H20BrN3O5. The number of aromatic hydroxyl groups is 1. The van der Waals surface area contributed by atoms with E-state index in [9.17, 15) is 20.0 Å². The molecule has 2 rings (SSSR count). The Kier molecular flexibility index (Phi) is 6.74. The Morgan fingerprint density at radius 3 is 2.64 bits per heavy atom. The van der Waals surface area contributed by atoms with Crippen LogP contribution in [-0.2, 0) is 10.2 Å². The van der Waals surface area contributed by atoms with Crippen LogP contribution in [0, 0.1) is 10.1 Å². The van der Waals surface area contributed by atoms with Gasteiger partial charge in [0.2, 0.25) is 0 Å². The lowest BCUT2D eigenvalue weighted by atomic mass is 9.87. The van der Waals surface area contributed by atoms with Gasteiger partial charge in [-0.3, -0.25) is 14.9 Å². The lowest BCUT2D eigenvalue weighted by molar-refractivity contribution is -0.384. The number of phenolic OH excluding ortho intramolecular Hbond substituents is 1. The highest BCUT2D eigenvalue weighted by Gasteiger charge is 2.15. The molecule has 148 valence electrons. The number of hydrogen-bond acceptors (Lipinski definition) is 6. The summed E-state index contributed by atoms with van der Waals surface area (Å²) < 4.78 is 6.21. The molecule has 0 aliphatic heterocycles. The van der Waals surface area contributed by atoms with Gasteiger partial charge in [-0.1, -0.05) is 26.8 Å². The molecule has 0 aliphatic rings. The second-order valence-electron chi connectivity index (χ2n) is 6.98. The van der Waals surface area contributed by atoms with Crippen LogP contribution in [0.15, 0.2) is 46.0 Å². The molecule has 28 heavy (non-hydrogen) atoms. The van der Waals surface area contributed by atoms with Crippen molar-refractivity contribution >= 4 is 33.7 Å². The topological polar surface area (TPSA) is 114 Å². The van der Waals surface area contributed by atoms with E-state index >= 15 is 0 Å². The number of hydrogen-bond donors (Lipinski definition) is 2. The molecule has 0 heterocycles. The van der Waals surface area contributed by atoms with Crippen LogP contribution in [-0.4, -0.2) is 28.8 Å². The maximum atomic E-state index is 11.9. The molecule has 0 aromatic heterocycles. The van der Waals surface area contributed by atoms with Crippen molar-refractivity contribution in [1.29, 1.82) is 0 Å². The number of benzene rings is 2. The molecule has 9 heteroatoms. The van der Waals surface area contributed by atoms with Crippen LogP contribution in [0.25, 0.3) is 0 Å². The van der Waals surface area contributed by atoms with Gasteiger partial charge in [0.25, 0.3) is 11.6 Å². The molecule has 2 N–H and O–H groups in total. The Labute approximate surface area is 170 Å². The third-order valence-electron chi connectivity index (χ3n) is 3.77. The summed E-state index contributed by atoms with van der Waals surface area (Å²) in [5.41, 5.74) is 3.27. The van der Waals surface area contributed by atoms with Crippen LogP contribution in [0.4, 0.5) is 5.69 Å². The molecule has 0 unspecified atom stereocenters. The second kappa shape index (κ2) is 8.83. The number of non-ortho nitro benzene ring substituents is 1. The van der Waals surface area contributed by atoms with Crippen molar-refractivity contribution in [2.45, 2.75) is 26.2 Å². The Morgan fingerprint density at radius 1 is 1.32 bits per heavy atom. The van der Waals surface area contributed by atoms with E-state index in [2.05, 4.69) is 47.2 Å². The highest BCUT2D eigenvalue weighted by Crippen LogP contribution is 2.31. The first-order valence-corrected chi connectivity index (χ1v) is 9.09. The molecule has 2 aromatic carbocycles. The smallest absolute Gasteiger partial charge is 0.277 e. The van der Waals surface area contributed by atoms with E-state index in [0.29, 0.717) is 5.75 Å². The quantitative estimate of drug-likeness (QED) is 0.394. The Morgan fingerprint density at radius 2 is 2.04 bits per heavy atom. The molecule has 0 saturated carbocycles. The van der Waals surface area contributed by atoms with E-state index < -0.39 is 10.8 Å². The first-order chi connectivity index (χ1) is 13.1. The molecule has 0 aliphatic carbocycles. The van der Waals surface area contributed by atoms with E-state index in [1.54, 1.807) is 6.07 Å². The van der Waals surface area contributed by atoms with Crippen molar-refractivity contribution in [3.05, 3.63) is 62.1 Å². The molecule has 0 spiro atoms. The van der Waals surface area contributed by atoms with E-state index in [1.807, 2.05) is 12.1 Å². The highest BCUT2D eigenvalue weighted by molar-refractivity contribution is 9.10. The molecule has 8 nitrogen and oxygen atoms in total. The Hall–Kier alpha value is -2.94. The van der Waals surface area contributed by atoms with Gasteiger partial charge in [0.05, 0.1) is 15.6 Å². The maximum Gasteiger partial charge on any atom is 0.277 e. The zero-order chi connectivity index (χ0) is 20.9. The van der Waals surface area contributed by atoms with Crippen LogP contribution in [0.3, 0.4) is 0 Å². The second-order valence-corrected chi connectivity index (χ2v) is 7.83. The average Bonchev–Trinajstić information content (AvgIpc) is 2.61. The van der Waals surface area contributed by atoms with E-state index in [0.717, 1.165) is 22.3 Å². The van der Waals surface area contributed by atoms with Gasteiger partial charge in [0.1, 0.15) is 11.5 Å². The zero-order valence-electron chi connectivity index (χ0n) is 15.6. The van der Waals surface area contributed by atoms with Crippen LogP contribution in [0.2, 0.25) is 0 Å². The van der Waals surface area contributed by atoms with E-state index in [4.69, 9.17) is 4.74 Å². The lowest BCUT2D eigenvalue weighted by Gasteiger charge is -2.20. The number of ether oxygens (including phenoxy) is 1. The number of hydrazone groups is 1. The van der Waals surface area contributed by atoms with Gasteiger partial charge in [-0.05, 0) is 45.1 Å². The summed E-state index contributed by atoms with van der Waals surface area (Å²) in [4.78, 5) is 22.0. The van der Waals surface area contributed by atoms with Gasteiger partial charge >= 0.3 is 0 Å². The van der Waals surface area contributed by atoms with Gasteiger partial charge in [-0.15, -0.1) is 0 Å². The van der Waals surface area contributed by atoms with Crippen LogP contribution in [0.5, 0.6) is 11.5 Å². The summed E-state index contributed by atoms with van der Waals surface area (Å²) in [7, 11) is 0. The third-order valence-corrected chi connectivity index (χ3v) is 4.39. The number of nitrogens with zero attached hydrogens (tertiary/aromatic N) is 2. The summed E-state index contributed by atoms with van der Waals surface area (Å²) in [5.74, 6) is -0.195. The van der Waals surface area contributed by atoms with Crippen molar-refractivity contribution in [2.75, 3.05) is 6.61 Å². The molecule has 0 fully saturated rings. The molecule has 2 aromatic rings. The maximum absolute atomic E-state index is 11.9. The number of nitrogens with one attached hydrogen (secondary N) is 1. The lowest BCUT2D eigenvalue weighted by Crippen LogP contribution is -2.24. The number of rotatable bonds is 6. The van der Waals surface area contributed by atoms with Crippen molar-refractivity contribution in [1.82, 2.24) is 5.43 Å². The van der Waals surface area contributed by atoms with Gasteiger partial charge in [-0.25, -0.2) is 5.43 Å². The molecule has 0 saturated heterocycles. The van der Waals surface area contributed by atoms with Crippen molar-refractivity contribution in [2.24, 2.45) is 5.10 Å². The monoisotopic (exact) mass is 449 g/mol. The minimum atomic E-state index is -0.591. The fraction of sp³-hybridized carbons (Fsp3) is 0.263. The third kappa shape index (κ3) is 5.78. The van der Waals surface area contributed by atoms with Crippen molar-refractivity contribution in [3.63, 3.8) is 0 Å². The number of carbonyl (C=O) groups excluding carboxylic acids is 1. The summed E-state index contributed by atoms with van der Waals surface area (Å²) >= 11 is 3.43. The van der Waals surface area contributed by atoms with Crippen molar-refractivity contribution in [3.8, 4) is 11.5 Å². The largest absolute Gasteiger partial charge is 0.507 e. The van der Waals surface area contributed by atoms with Crippen LogP contribution < -0.4 is 10.2 Å². The minimum Gasteiger partial charge on any atom is -0.507 e. The van der Waals surface area contributed by atoms with E-state index in [-0.39, 0.29) is 29.0 Å². The van der Waals surface area contributed by atoms with Gasteiger partial charge in [0, 0.05) is 17.7 Å². The molecule has 0 atom stereocenters. The Balaban J connectivity index is 1.94. The van der Waals surface area contributed by atoms with E-state index in [1.165, 1.54) is 12.1 Å². The normalized spacial score (nSPS) is 11.4. The Bertz CT molecular complexity index is 922. The fourth-order valence-electron chi connectivity index (χ4n) is 2.19. The first kappa shape index (κ1) is 21.4. The summed E-state index contributed by atoms with van der Waals surface area (Å²) in [6, 6.07) is 9.15. The van der Waals surface area contributed by atoms with Gasteiger partial charge in [-0.2, -0.15) is 5.10 Å². The standard InChI is InChI=1S/C19H20BrN3O5/c1-19(2,3)13-4-7-17(15(20)9-13)28-11-18(25)22-21-10-12-8-14(23(26)27)5-6-16(12)24/h4-10,24H,11H2,1-3H3,(H,22,25)/b21-10+. The SMILES string of the molecule is CC(C)(C)c1ccc(OCC(=O)N/N=C/c2cc([N+](=O)[O-])ccc2O)c(Br)c1. The summed E-state index contributed by atoms with van der Waals surface area (Å²) in [6.45, 7) is 6.02. The van der Waals surface area contributed by atoms with Crippen LogP contribution in [0.1, 0.15) is 31.9 Å². The summed E-state index contributed by atoms with van der Waals surface area (Å²) in [5, 5.41) is 24.1. The number of phenols is 1. The number of nitro groups is 1. The zero-order valence-corrected chi connectivity index (χ0v) is 17.2. The number of nitro benzene ring substituents is 1. The summed E-state index contributed by atoms with van der Waals surface area (Å²) in [6.07, 6.45) is 1.12. The number of halogens is 1. The molecule has 0 bridgehead atoms.